The summed E-state index contributed by atoms with van der Waals surface area (Å²) in [6.45, 7) is 4.56. The van der Waals surface area contributed by atoms with Gasteiger partial charge in [-0.3, -0.25) is 29.3 Å². The van der Waals surface area contributed by atoms with Crippen LogP contribution in [-0.2, 0) is 21.4 Å². The van der Waals surface area contributed by atoms with E-state index in [1.54, 1.807) is 37.0 Å². The predicted molar refractivity (Wildman–Crippen MR) is 189 cm³/mol. The molecular formula is C38H42N6O7. The number of methoxy groups -OCH3 is 1. The number of nitrogens with one attached hydrogen (secondary N) is 2. The van der Waals surface area contributed by atoms with Gasteiger partial charge in [0, 0.05) is 30.6 Å². The number of aromatic carboxylic acids is 1. The topological polar surface area (TPSA) is 165 Å². The smallest absolute Gasteiger partial charge is 0.355 e. The molecule has 3 aliphatic rings. The molecule has 3 fully saturated rings. The van der Waals surface area contributed by atoms with E-state index in [-0.39, 0.29) is 36.4 Å². The third-order valence-corrected chi connectivity index (χ3v) is 10.7. The molecule has 3 N–H and O–H groups in total. The number of benzene rings is 2. The van der Waals surface area contributed by atoms with E-state index in [2.05, 4.69) is 25.6 Å². The number of ether oxygens (including phenoxy) is 2. The Morgan fingerprint density at radius 3 is 2.59 bits per heavy atom. The molecular weight excluding hydrogens is 652 g/mol. The lowest BCUT2D eigenvalue weighted by Crippen LogP contribution is -2.49. The van der Waals surface area contributed by atoms with Crippen molar-refractivity contribution in [3.63, 3.8) is 0 Å². The first-order valence-electron chi connectivity index (χ1n) is 17.4. The number of hydrogen-bond donors (Lipinski definition) is 3. The minimum Gasteiger partial charge on any atom is -0.493 e. The summed E-state index contributed by atoms with van der Waals surface area (Å²) in [5.74, 6) is -0.620. The van der Waals surface area contributed by atoms with E-state index in [0.29, 0.717) is 52.6 Å². The largest absolute Gasteiger partial charge is 0.493 e. The lowest BCUT2D eigenvalue weighted by molar-refractivity contribution is -0.134. The summed E-state index contributed by atoms with van der Waals surface area (Å²) in [5, 5.41) is 20.3. The van der Waals surface area contributed by atoms with Crippen LogP contribution in [0.25, 0.3) is 22.0 Å². The number of carboxylic acid groups (broad SMARTS) is 1. The van der Waals surface area contributed by atoms with Gasteiger partial charge in [-0.05, 0) is 105 Å². The second-order valence-electron chi connectivity index (χ2n) is 14.1. The van der Waals surface area contributed by atoms with Gasteiger partial charge in [-0.25, -0.2) is 9.78 Å². The van der Waals surface area contributed by atoms with Crippen molar-refractivity contribution in [2.45, 2.75) is 51.4 Å². The molecule has 1 aliphatic carbocycles. The van der Waals surface area contributed by atoms with Crippen molar-refractivity contribution in [2.24, 2.45) is 18.4 Å². The molecule has 266 valence electrons. The van der Waals surface area contributed by atoms with Crippen LogP contribution in [-0.4, -0.2) is 81.8 Å². The Kier molecular flexibility index (Phi) is 9.23. The van der Waals surface area contributed by atoms with Crippen LogP contribution in [0.15, 0.2) is 48.7 Å². The molecule has 2 aromatic heterocycles. The van der Waals surface area contributed by atoms with Crippen molar-refractivity contribution in [2.75, 3.05) is 38.7 Å². The van der Waals surface area contributed by atoms with E-state index in [1.807, 2.05) is 31.2 Å². The first-order valence-corrected chi connectivity index (χ1v) is 17.4. The highest BCUT2D eigenvalue weighted by Gasteiger charge is 2.46. The number of likely N-dealkylation sites (tertiary alicyclic amines) is 1. The Hall–Kier alpha value is -5.30. The van der Waals surface area contributed by atoms with Crippen molar-refractivity contribution in [1.29, 1.82) is 0 Å². The third kappa shape index (κ3) is 6.77. The normalized spacial score (nSPS) is 19.1. The van der Waals surface area contributed by atoms with Crippen LogP contribution in [0.3, 0.4) is 0 Å². The van der Waals surface area contributed by atoms with Gasteiger partial charge in [0.05, 0.1) is 37.6 Å². The third-order valence-electron chi connectivity index (χ3n) is 10.7. The Morgan fingerprint density at radius 2 is 1.88 bits per heavy atom. The molecule has 2 aliphatic heterocycles. The minimum atomic E-state index is -1.05. The van der Waals surface area contributed by atoms with Crippen molar-refractivity contribution in [1.82, 2.24) is 25.0 Å². The molecule has 13 heteroatoms. The van der Waals surface area contributed by atoms with Crippen molar-refractivity contribution in [3.8, 4) is 22.6 Å². The zero-order valence-electron chi connectivity index (χ0n) is 29.0. The highest BCUT2D eigenvalue weighted by Crippen LogP contribution is 2.52. The van der Waals surface area contributed by atoms with E-state index >= 15 is 0 Å². The first-order chi connectivity index (χ1) is 24.5. The fourth-order valence-electron chi connectivity index (χ4n) is 8.19. The summed E-state index contributed by atoms with van der Waals surface area (Å²) in [4.78, 5) is 55.3. The maximum Gasteiger partial charge on any atom is 0.355 e. The molecule has 7 rings (SSSR count). The molecule has 1 spiro atoms. The van der Waals surface area contributed by atoms with Crippen LogP contribution >= 0.6 is 0 Å². The standard InChI is InChI=1S/C38H42N6O7/c1-22-17-24(6-7-25(22)26-5-4-14-39-33(26)37(48)49)51-21-23-18-38(19-23)12-15-44(16-13-38)20-31(46)40-29-10-8-27-32(28-9-11-30(45)41-36(28)47)42-43(2)34(27)35(29)50-3/h4-8,10,14,17,23,28H,9,11-13,15-16,18-21H2,1-3H3,(H,40,46)(H,48,49)(H,41,45,47). The van der Waals surface area contributed by atoms with Gasteiger partial charge in [-0.1, -0.05) is 12.1 Å². The van der Waals surface area contributed by atoms with Crippen LogP contribution in [0.5, 0.6) is 11.5 Å². The van der Waals surface area contributed by atoms with Gasteiger partial charge in [-0.15, -0.1) is 0 Å². The molecule has 2 saturated heterocycles. The number of fused-ring (bicyclic) bond motifs is 1. The van der Waals surface area contributed by atoms with Gasteiger partial charge in [-0.2, -0.15) is 5.10 Å². The Labute approximate surface area is 295 Å². The van der Waals surface area contributed by atoms with E-state index in [4.69, 9.17) is 9.47 Å². The summed E-state index contributed by atoms with van der Waals surface area (Å²) in [6, 6.07) is 12.9. The van der Waals surface area contributed by atoms with Gasteiger partial charge >= 0.3 is 5.97 Å². The van der Waals surface area contributed by atoms with Crippen molar-refractivity contribution >= 4 is 40.3 Å². The number of imide groups is 1. The number of carbonyl (C=O) groups is 4. The molecule has 4 aromatic rings. The van der Waals surface area contributed by atoms with E-state index in [9.17, 15) is 24.3 Å². The second kappa shape index (κ2) is 13.8. The van der Waals surface area contributed by atoms with Crippen LogP contribution in [0, 0.1) is 18.3 Å². The molecule has 4 heterocycles. The summed E-state index contributed by atoms with van der Waals surface area (Å²) in [5.41, 5.74) is 4.47. The second-order valence-corrected chi connectivity index (χ2v) is 14.1. The number of aromatic nitrogens is 3. The van der Waals surface area contributed by atoms with Gasteiger partial charge in [0.2, 0.25) is 17.7 Å². The Morgan fingerprint density at radius 1 is 1.10 bits per heavy atom. The van der Waals surface area contributed by atoms with Crippen LogP contribution < -0.4 is 20.1 Å². The average molecular weight is 695 g/mol. The summed E-state index contributed by atoms with van der Waals surface area (Å²) in [7, 11) is 3.32. The summed E-state index contributed by atoms with van der Waals surface area (Å²) in [6.07, 6.45) is 6.42. The van der Waals surface area contributed by atoms with Crippen molar-refractivity contribution < 1.29 is 33.8 Å². The molecule has 0 radical (unpaired) electrons. The maximum atomic E-state index is 13.2. The number of pyridine rings is 1. The van der Waals surface area contributed by atoms with Gasteiger partial charge < -0.3 is 19.9 Å². The quantitative estimate of drug-likeness (QED) is 0.199. The Bertz CT molecular complexity index is 2020. The monoisotopic (exact) mass is 694 g/mol. The zero-order valence-corrected chi connectivity index (χ0v) is 29.0. The fourth-order valence-corrected chi connectivity index (χ4v) is 8.19. The number of aryl methyl sites for hydroxylation is 2. The number of anilines is 1. The molecule has 1 unspecified atom stereocenters. The number of hydrogen-bond acceptors (Lipinski definition) is 9. The number of nitrogens with zero attached hydrogens (tertiary/aromatic N) is 4. The molecule has 2 aromatic carbocycles. The predicted octanol–water partition coefficient (Wildman–Crippen LogP) is 4.68. The number of carboxylic acids is 1. The summed E-state index contributed by atoms with van der Waals surface area (Å²) < 4.78 is 13.6. The van der Waals surface area contributed by atoms with E-state index in [1.165, 1.54) is 6.20 Å². The molecule has 51 heavy (non-hydrogen) atoms. The van der Waals surface area contributed by atoms with Crippen LogP contribution in [0.4, 0.5) is 5.69 Å². The maximum absolute atomic E-state index is 13.2. The van der Waals surface area contributed by atoms with Gasteiger partial charge in [0.15, 0.2) is 11.4 Å². The minimum absolute atomic E-state index is 0.0343. The lowest BCUT2D eigenvalue weighted by atomic mass is 9.58. The molecule has 1 atom stereocenters. The van der Waals surface area contributed by atoms with E-state index < -0.39 is 11.9 Å². The Balaban J connectivity index is 0.898. The number of amides is 3. The number of carbonyl (C=O) groups excluding carboxylic acids is 3. The molecule has 0 bridgehead atoms. The van der Waals surface area contributed by atoms with Crippen LogP contribution in [0.2, 0.25) is 0 Å². The highest BCUT2D eigenvalue weighted by atomic mass is 16.5. The molecule has 3 amide bonds. The number of rotatable bonds is 10. The van der Waals surface area contributed by atoms with Gasteiger partial charge in [0.1, 0.15) is 11.3 Å². The van der Waals surface area contributed by atoms with Gasteiger partial charge in [0.25, 0.3) is 0 Å². The van der Waals surface area contributed by atoms with E-state index in [0.717, 1.165) is 61.0 Å². The lowest BCUT2D eigenvalue weighted by Gasteiger charge is -2.52. The SMILES string of the molecule is COc1c(NC(=O)CN2CCC3(CC2)CC(COc2ccc(-c4cccnc4C(=O)O)c(C)c2)C3)ccc2c(C3CCC(=O)NC3=O)nn(C)c12. The fraction of sp³-hybridized carbons (Fsp3) is 0.421. The zero-order chi connectivity index (χ0) is 35.9. The highest BCUT2D eigenvalue weighted by molar-refractivity contribution is 6.04. The molecule has 1 saturated carbocycles. The first kappa shape index (κ1) is 34.2. The molecule has 13 nitrogen and oxygen atoms in total. The summed E-state index contributed by atoms with van der Waals surface area (Å²) >= 11 is 0. The van der Waals surface area contributed by atoms with Crippen molar-refractivity contribution in [3.05, 3.63) is 65.6 Å². The van der Waals surface area contributed by atoms with Crippen LogP contribution in [0.1, 0.15) is 66.2 Å². The number of piperidine rings is 2. The average Bonchev–Trinajstić information content (AvgIpc) is 3.42.